The topological polar surface area (TPSA) is 69.9 Å². The number of hydrogen-bond donors (Lipinski definition) is 3. The summed E-state index contributed by atoms with van der Waals surface area (Å²) in [6, 6.07) is 4.48. The average Bonchev–Trinajstić information content (AvgIpc) is 2.27. The molecule has 2 atom stereocenters. The fraction of sp³-hybridized carbons (Fsp3) is 0.400. The first-order valence-corrected chi connectivity index (χ1v) is 5.51. The van der Waals surface area contributed by atoms with Crippen LogP contribution in [-0.2, 0) is 0 Å². The molecule has 0 heterocycles. The van der Waals surface area contributed by atoms with Crippen LogP contribution >= 0.6 is 15.9 Å². The van der Waals surface area contributed by atoms with Crippen LogP contribution in [0.4, 0.5) is 0 Å². The maximum Gasteiger partial charge on any atom is 0.121 e. The Morgan fingerprint density at radius 2 is 2.07 bits per heavy atom. The quantitative estimate of drug-likeness (QED) is 0.723. The first kappa shape index (κ1) is 12.3. The lowest BCUT2D eigenvalue weighted by Crippen LogP contribution is -2.19. The molecular weight excluding hydrogens is 264 g/mol. The van der Waals surface area contributed by atoms with Crippen molar-refractivity contribution in [1.29, 1.82) is 0 Å². The van der Waals surface area contributed by atoms with Crippen molar-refractivity contribution in [2.24, 2.45) is 0 Å². The van der Waals surface area contributed by atoms with Crippen LogP contribution in [0.1, 0.15) is 11.7 Å². The summed E-state index contributed by atoms with van der Waals surface area (Å²) < 4.78 is 4.96. The monoisotopic (exact) mass is 276 g/mol. The van der Waals surface area contributed by atoms with Crippen LogP contribution in [0, 0.1) is 0 Å². The minimum Gasteiger partial charge on any atom is -0.508 e. The minimum absolute atomic E-state index is 0.0664. The highest BCUT2D eigenvalue weighted by atomic mass is 79.9. The Morgan fingerprint density at radius 1 is 1.40 bits per heavy atom. The zero-order valence-electron chi connectivity index (χ0n) is 8.22. The van der Waals surface area contributed by atoms with Crippen molar-refractivity contribution in [3.63, 3.8) is 0 Å². The number of hydrogen-bond acceptors (Lipinski definition) is 4. The number of benzene rings is 1. The molecule has 3 N–H and O–H groups in total. The summed E-state index contributed by atoms with van der Waals surface area (Å²) in [6.45, 7) is 0. The molecule has 0 aliphatic carbocycles. The summed E-state index contributed by atoms with van der Waals surface area (Å²) >= 11 is 3.05. The highest BCUT2D eigenvalue weighted by Gasteiger charge is 2.20. The summed E-state index contributed by atoms with van der Waals surface area (Å²) in [6.07, 6.45) is -2.11. The number of aliphatic hydroxyl groups is 2. The van der Waals surface area contributed by atoms with Crippen LogP contribution < -0.4 is 4.74 Å². The molecule has 1 aromatic rings. The number of rotatable bonds is 4. The molecule has 0 aliphatic rings. The Bertz CT molecular complexity index is 329. The third-order valence-corrected chi connectivity index (χ3v) is 2.74. The van der Waals surface area contributed by atoms with Crippen molar-refractivity contribution in [3.05, 3.63) is 23.8 Å². The average molecular weight is 277 g/mol. The molecule has 15 heavy (non-hydrogen) atoms. The van der Waals surface area contributed by atoms with Crippen LogP contribution in [0.2, 0.25) is 0 Å². The summed E-state index contributed by atoms with van der Waals surface area (Å²) in [5.74, 6) is 0.451. The Balaban J connectivity index is 3.01. The van der Waals surface area contributed by atoms with E-state index in [1.54, 1.807) is 6.07 Å². The second-order valence-electron chi connectivity index (χ2n) is 3.09. The summed E-state index contributed by atoms with van der Waals surface area (Å²) in [4.78, 5) is 0. The molecule has 0 aromatic heterocycles. The van der Waals surface area contributed by atoms with Gasteiger partial charge in [-0.2, -0.15) is 0 Å². The third kappa shape index (κ3) is 2.84. The minimum atomic E-state index is -1.14. The number of phenolic OH excluding ortho intramolecular Hbond substituents is 1. The molecule has 1 rings (SSSR count). The molecule has 1 aromatic carbocycles. The van der Waals surface area contributed by atoms with Gasteiger partial charge in [0.1, 0.15) is 17.6 Å². The predicted molar refractivity (Wildman–Crippen MR) is 59.4 cm³/mol. The van der Waals surface area contributed by atoms with Crippen LogP contribution in [0.15, 0.2) is 18.2 Å². The molecule has 0 radical (unpaired) electrons. The standard InChI is InChI=1S/C10H13BrO4/c1-15-6-2-3-8(12)7(4-6)10(14)9(13)5-11/h2-4,9-10,12-14H,5H2,1H3. The van der Waals surface area contributed by atoms with E-state index < -0.39 is 12.2 Å². The van der Waals surface area contributed by atoms with Crippen LogP contribution in [0.5, 0.6) is 11.5 Å². The molecule has 0 bridgehead atoms. The van der Waals surface area contributed by atoms with Crippen molar-refractivity contribution in [2.75, 3.05) is 12.4 Å². The van der Waals surface area contributed by atoms with Crippen molar-refractivity contribution in [3.8, 4) is 11.5 Å². The lowest BCUT2D eigenvalue weighted by Gasteiger charge is -2.17. The SMILES string of the molecule is COc1ccc(O)c(C(O)C(O)CBr)c1. The molecule has 0 spiro atoms. The van der Waals surface area contributed by atoms with E-state index >= 15 is 0 Å². The Kier molecular flexibility index (Phi) is 4.38. The van der Waals surface area contributed by atoms with Gasteiger partial charge in [-0.1, -0.05) is 15.9 Å². The summed E-state index contributed by atoms with van der Waals surface area (Å²) in [5.41, 5.74) is 0.251. The second kappa shape index (κ2) is 5.34. The molecule has 0 aliphatic heterocycles. The number of ether oxygens (including phenoxy) is 1. The predicted octanol–water partition coefficient (Wildman–Crippen LogP) is 1.19. The number of aliphatic hydroxyl groups excluding tert-OH is 2. The van der Waals surface area contributed by atoms with E-state index in [2.05, 4.69) is 15.9 Å². The van der Waals surface area contributed by atoms with Gasteiger partial charge in [0.25, 0.3) is 0 Å². The normalized spacial score (nSPS) is 14.7. The third-order valence-electron chi connectivity index (χ3n) is 2.08. The van der Waals surface area contributed by atoms with Gasteiger partial charge in [0.15, 0.2) is 0 Å². The second-order valence-corrected chi connectivity index (χ2v) is 3.74. The molecule has 0 saturated heterocycles. The number of halogens is 1. The van der Waals surface area contributed by atoms with Gasteiger partial charge in [-0.3, -0.25) is 0 Å². The number of aromatic hydroxyl groups is 1. The van der Waals surface area contributed by atoms with E-state index in [-0.39, 0.29) is 16.6 Å². The lowest BCUT2D eigenvalue weighted by atomic mass is 10.0. The number of methoxy groups -OCH3 is 1. The van der Waals surface area contributed by atoms with Crippen molar-refractivity contribution < 1.29 is 20.1 Å². The molecule has 0 saturated carbocycles. The summed E-state index contributed by atoms with van der Waals surface area (Å²) in [5, 5.41) is 28.8. The van der Waals surface area contributed by atoms with Crippen LogP contribution in [0.25, 0.3) is 0 Å². The van der Waals surface area contributed by atoms with E-state index in [0.717, 1.165) is 0 Å². The maximum absolute atomic E-state index is 9.69. The van der Waals surface area contributed by atoms with Gasteiger partial charge < -0.3 is 20.1 Å². The van der Waals surface area contributed by atoms with E-state index in [1.807, 2.05) is 0 Å². The zero-order valence-corrected chi connectivity index (χ0v) is 9.81. The molecule has 0 amide bonds. The van der Waals surface area contributed by atoms with Crippen molar-refractivity contribution in [1.82, 2.24) is 0 Å². The van der Waals surface area contributed by atoms with Crippen LogP contribution in [0.3, 0.4) is 0 Å². The van der Waals surface area contributed by atoms with Gasteiger partial charge in [0, 0.05) is 10.9 Å². The van der Waals surface area contributed by atoms with Gasteiger partial charge >= 0.3 is 0 Å². The smallest absolute Gasteiger partial charge is 0.121 e. The zero-order chi connectivity index (χ0) is 11.4. The van der Waals surface area contributed by atoms with Gasteiger partial charge in [0.05, 0.1) is 13.2 Å². The van der Waals surface area contributed by atoms with Crippen LogP contribution in [-0.4, -0.2) is 33.9 Å². The van der Waals surface area contributed by atoms with Crippen molar-refractivity contribution in [2.45, 2.75) is 12.2 Å². The Hall–Kier alpha value is -0.780. The Labute approximate surface area is 96.3 Å². The molecular formula is C10H13BrO4. The van der Waals surface area contributed by atoms with E-state index in [0.29, 0.717) is 5.75 Å². The highest BCUT2D eigenvalue weighted by molar-refractivity contribution is 9.09. The molecule has 2 unspecified atom stereocenters. The summed E-state index contributed by atoms with van der Waals surface area (Å²) in [7, 11) is 1.49. The molecule has 0 fully saturated rings. The van der Waals surface area contributed by atoms with Gasteiger partial charge in [-0.15, -0.1) is 0 Å². The van der Waals surface area contributed by atoms with E-state index in [1.165, 1.54) is 19.2 Å². The first-order valence-electron chi connectivity index (χ1n) is 4.39. The maximum atomic E-state index is 9.69. The largest absolute Gasteiger partial charge is 0.508 e. The number of alkyl halides is 1. The lowest BCUT2D eigenvalue weighted by molar-refractivity contribution is 0.0326. The van der Waals surface area contributed by atoms with E-state index in [4.69, 9.17) is 4.74 Å². The van der Waals surface area contributed by atoms with Crippen molar-refractivity contribution >= 4 is 15.9 Å². The fourth-order valence-corrected chi connectivity index (χ4v) is 1.54. The van der Waals surface area contributed by atoms with Gasteiger partial charge in [0.2, 0.25) is 0 Å². The van der Waals surface area contributed by atoms with Gasteiger partial charge in [-0.05, 0) is 18.2 Å². The molecule has 5 heteroatoms. The first-order chi connectivity index (χ1) is 7.10. The highest BCUT2D eigenvalue weighted by Crippen LogP contribution is 2.30. The number of phenols is 1. The molecule has 84 valence electrons. The Morgan fingerprint density at radius 3 is 2.60 bits per heavy atom. The van der Waals surface area contributed by atoms with Gasteiger partial charge in [-0.25, -0.2) is 0 Å². The van der Waals surface area contributed by atoms with E-state index in [9.17, 15) is 15.3 Å². The fourth-order valence-electron chi connectivity index (χ4n) is 1.19. The molecule has 4 nitrogen and oxygen atoms in total.